The van der Waals surface area contributed by atoms with Crippen molar-refractivity contribution in [3.63, 3.8) is 0 Å². The molecule has 0 bridgehead atoms. The molecule has 2 nitrogen and oxygen atoms in total. The van der Waals surface area contributed by atoms with Gasteiger partial charge in [0, 0.05) is 13.2 Å². The van der Waals surface area contributed by atoms with E-state index in [1.54, 1.807) is 11.1 Å². The van der Waals surface area contributed by atoms with Gasteiger partial charge in [0.05, 0.1) is 0 Å². The maximum atomic E-state index is 9.99. The molecule has 2 N–H and O–H groups in total. The van der Waals surface area contributed by atoms with Crippen LogP contribution in [0.1, 0.15) is 51.4 Å². The zero-order chi connectivity index (χ0) is 17.3. The van der Waals surface area contributed by atoms with E-state index in [9.17, 15) is 10.2 Å². The van der Waals surface area contributed by atoms with Crippen molar-refractivity contribution in [3.05, 3.63) is 47.6 Å². The summed E-state index contributed by atoms with van der Waals surface area (Å²) in [5, 5.41) is 20.0. The van der Waals surface area contributed by atoms with Crippen molar-refractivity contribution >= 4 is 0 Å². The Hall–Kier alpha value is 0.343. The van der Waals surface area contributed by atoms with Crippen molar-refractivity contribution in [3.8, 4) is 0 Å². The summed E-state index contributed by atoms with van der Waals surface area (Å²) in [4.78, 5) is 0. The van der Waals surface area contributed by atoms with Crippen LogP contribution in [0.5, 0.6) is 0 Å². The third-order valence-corrected chi connectivity index (χ3v) is 7.59. The van der Waals surface area contributed by atoms with Crippen molar-refractivity contribution in [2.45, 2.75) is 51.4 Å². The first-order valence-electron chi connectivity index (χ1n) is 10.2. The second-order valence-electron chi connectivity index (χ2n) is 8.50. The van der Waals surface area contributed by atoms with Crippen LogP contribution in [0.2, 0.25) is 0 Å². The number of hydrogen-bond acceptors (Lipinski definition) is 2. The summed E-state index contributed by atoms with van der Waals surface area (Å²) in [5.74, 6) is 2.45. The van der Waals surface area contributed by atoms with E-state index >= 15 is 0 Å². The van der Waals surface area contributed by atoms with Crippen LogP contribution in [-0.4, -0.2) is 23.4 Å². The topological polar surface area (TPSA) is 40.5 Å². The van der Waals surface area contributed by atoms with Crippen LogP contribution in [0.4, 0.5) is 0 Å². The van der Waals surface area contributed by atoms with Crippen LogP contribution in [0, 0.1) is 29.1 Å². The Balaban J connectivity index is 0.00000131. The second kappa shape index (κ2) is 11.7. The van der Waals surface area contributed by atoms with Gasteiger partial charge in [-0.15, -0.1) is 0 Å². The standard InChI is InChI=1S/C23H32O2.2ClH.Zr/c24-15-13-23(14-16-25,21-11-9-17-5-1-3-7-19(17)21)22-12-10-18-6-2-4-8-20(18)22;;;/h1-4,7-8,17-18,21-22,24-25H,5-6,9-16H2;2*1H;/q;;;+2/p-2. The van der Waals surface area contributed by atoms with Crippen LogP contribution in [-0.2, 0) is 26.2 Å². The zero-order valence-corrected chi connectivity index (χ0v) is 20.5. The van der Waals surface area contributed by atoms with Gasteiger partial charge in [0.25, 0.3) is 0 Å². The van der Waals surface area contributed by atoms with Crippen LogP contribution < -0.4 is 24.8 Å². The Labute approximate surface area is 201 Å². The van der Waals surface area contributed by atoms with E-state index in [4.69, 9.17) is 0 Å². The first-order chi connectivity index (χ1) is 12.3. The number of hydrogen-bond donors (Lipinski definition) is 2. The maximum Gasteiger partial charge on any atom is 2.00 e. The Bertz CT molecular complexity index is 572. The molecule has 2 saturated carbocycles. The molecule has 28 heavy (non-hydrogen) atoms. The molecular weight excluding hydrogens is 470 g/mol. The van der Waals surface area contributed by atoms with Gasteiger partial charge in [0.2, 0.25) is 0 Å². The van der Waals surface area contributed by atoms with E-state index in [-0.39, 0.29) is 69.6 Å². The molecule has 0 aliphatic heterocycles. The molecule has 4 atom stereocenters. The summed E-state index contributed by atoms with van der Waals surface area (Å²) >= 11 is 0. The summed E-state index contributed by atoms with van der Waals surface area (Å²) in [5.41, 5.74) is 3.25. The van der Waals surface area contributed by atoms with Gasteiger partial charge in [-0.05, 0) is 80.5 Å². The third-order valence-electron chi connectivity index (χ3n) is 7.59. The van der Waals surface area contributed by atoms with E-state index in [0.29, 0.717) is 23.7 Å². The monoisotopic (exact) mass is 500 g/mol. The second-order valence-corrected chi connectivity index (χ2v) is 8.50. The number of aliphatic hydroxyl groups excluding tert-OH is 2. The Morgan fingerprint density at radius 3 is 1.57 bits per heavy atom. The Morgan fingerprint density at radius 1 is 0.750 bits per heavy atom. The molecule has 0 spiro atoms. The van der Waals surface area contributed by atoms with E-state index < -0.39 is 0 Å². The minimum absolute atomic E-state index is 0. The molecule has 4 aliphatic carbocycles. The molecular formula is C23H32Cl2O2Zr. The van der Waals surface area contributed by atoms with Crippen molar-refractivity contribution in [1.82, 2.24) is 0 Å². The summed E-state index contributed by atoms with van der Waals surface area (Å²) in [6.07, 6.45) is 22.8. The van der Waals surface area contributed by atoms with E-state index in [1.165, 1.54) is 38.5 Å². The number of fused-ring (bicyclic) bond motifs is 2. The third kappa shape index (κ3) is 4.65. The first kappa shape index (κ1) is 26.4. The number of aliphatic hydroxyl groups is 2. The fourth-order valence-corrected chi connectivity index (χ4v) is 6.55. The van der Waals surface area contributed by atoms with Gasteiger partial charge >= 0.3 is 26.2 Å². The summed E-state index contributed by atoms with van der Waals surface area (Å²) in [7, 11) is 0. The normalized spacial score (nSPS) is 30.2. The van der Waals surface area contributed by atoms with E-state index in [0.717, 1.165) is 12.8 Å². The quantitative estimate of drug-likeness (QED) is 0.468. The van der Waals surface area contributed by atoms with E-state index in [2.05, 4.69) is 36.5 Å². The largest absolute Gasteiger partial charge is 2.00 e. The SMILES string of the molecule is OCCC(CCO)(C1CCC2CC=CC=C21)C1CCC2CC=CC=C21.[Cl-].[Cl-].[Zr+2]. The summed E-state index contributed by atoms with van der Waals surface area (Å²) in [6, 6.07) is 0. The molecule has 154 valence electrons. The molecule has 5 heteroatoms. The van der Waals surface area contributed by atoms with Crippen LogP contribution in [0.15, 0.2) is 47.6 Å². The molecule has 4 aliphatic rings. The number of halogens is 2. The minimum Gasteiger partial charge on any atom is -1.00 e. The Kier molecular flexibility index (Phi) is 11.0. The molecule has 0 saturated heterocycles. The van der Waals surface area contributed by atoms with Gasteiger partial charge in [-0.25, -0.2) is 0 Å². The van der Waals surface area contributed by atoms with Gasteiger partial charge in [0.1, 0.15) is 0 Å². The van der Waals surface area contributed by atoms with Crippen molar-refractivity contribution in [2.75, 3.05) is 13.2 Å². The molecule has 0 amide bonds. The number of allylic oxidation sites excluding steroid dienone is 8. The van der Waals surface area contributed by atoms with Gasteiger partial charge < -0.3 is 35.0 Å². The molecule has 0 heterocycles. The summed E-state index contributed by atoms with van der Waals surface area (Å²) < 4.78 is 0. The average Bonchev–Trinajstić information content (AvgIpc) is 3.26. The van der Waals surface area contributed by atoms with E-state index in [1.807, 2.05) is 0 Å². The molecule has 2 fully saturated rings. The van der Waals surface area contributed by atoms with Crippen LogP contribution >= 0.6 is 0 Å². The zero-order valence-electron chi connectivity index (χ0n) is 16.5. The molecule has 0 aromatic rings. The molecule has 4 rings (SSSR count). The van der Waals surface area contributed by atoms with Crippen molar-refractivity contribution in [1.29, 1.82) is 0 Å². The Morgan fingerprint density at radius 2 is 1.18 bits per heavy atom. The smallest absolute Gasteiger partial charge is 1.00 e. The number of rotatable bonds is 6. The maximum absolute atomic E-state index is 9.99. The molecule has 0 aromatic heterocycles. The molecule has 0 aromatic carbocycles. The van der Waals surface area contributed by atoms with Crippen molar-refractivity contribution < 1.29 is 61.2 Å². The van der Waals surface area contributed by atoms with Crippen molar-refractivity contribution in [2.24, 2.45) is 29.1 Å². The minimum atomic E-state index is 0. The fourth-order valence-electron chi connectivity index (χ4n) is 6.55. The summed E-state index contributed by atoms with van der Waals surface area (Å²) in [6.45, 7) is 0.461. The average molecular weight is 503 g/mol. The van der Waals surface area contributed by atoms with Gasteiger partial charge in [-0.3, -0.25) is 0 Å². The van der Waals surface area contributed by atoms with Gasteiger partial charge in [-0.2, -0.15) is 0 Å². The first-order valence-corrected chi connectivity index (χ1v) is 10.2. The predicted molar refractivity (Wildman–Crippen MR) is 102 cm³/mol. The van der Waals surface area contributed by atoms with Gasteiger partial charge in [0.15, 0.2) is 0 Å². The predicted octanol–water partition coefficient (Wildman–Crippen LogP) is -1.43. The van der Waals surface area contributed by atoms with Crippen LogP contribution in [0.25, 0.3) is 0 Å². The van der Waals surface area contributed by atoms with Crippen LogP contribution in [0.3, 0.4) is 0 Å². The van der Waals surface area contributed by atoms with Gasteiger partial charge in [-0.1, -0.05) is 47.6 Å². The molecule has 4 unspecified atom stereocenters. The fraction of sp³-hybridized carbons (Fsp3) is 0.652. The molecule has 0 radical (unpaired) electrons.